The Balaban J connectivity index is 1.78. The smallest absolute Gasteiger partial charge is 0.319 e. The summed E-state index contributed by atoms with van der Waals surface area (Å²) in [4.78, 5) is 34.2. The van der Waals surface area contributed by atoms with Gasteiger partial charge in [0.2, 0.25) is 5.91 Å². The van der Waals surface area contributed by atoms with Crippen LogP contribution in [0.15, 0.2) is 24.5 Å². The number of carbonyl (C=O) groups excluding carboxylic acids is 2. The van der Waals surface area contributed by atoms with E-state index in [1.807, 2.05) is 17.0 Å². The van der Waals surface area contributed by atoms with E-state index in [0.717, 1.165) is 19.6 Å². The van der Waals surface area contributed by atoms with Gasteiger partial charge in [0.1, 0.15) is 0 Å². The molecule has 2 fully saturated rings. The lowest BCUT2D eigenvalue weighted by molar-refractivity contribution is -0.119. The zero-order valence-electron chi connectivity index (χ0n) is 14.4. The van der Waals surface area contributed by atoms with Crippen LogP contribution in [0.4, 0.5) is 4.79 Å². The molecule has 0 aliphatic carbocycles. The van der Waals surface area contributed by atoms with E-state index < -0.39 is 0 Å². The second kappa shape index (κ2) is 6.76. The van der Waals surface area contributed by atoms with Crippen LogP contribution in [0.2, 0.25) is 0 Å². The fourth-order valence-corrected chi connectivity index (χ4v) is 3.65. The number of pyridine rings is 1. The molecule has 1 aromatic rings. The molecule has 1 atom stereocenters. The molecule has 1 spiro atoms. The maximum absolute atomic E-state index is 12.5. The Kier molecular flexibility index (Phi) is 4.71. The number of hydrogen-bond acceptors (Lipinski definition) is 4. The van der Waals surface area contributed by atoms with Crippen LogP contribution in [0.5, 0.6) is 0 Å². The van der Waals surface area contributed by atoms with Gasteiger partial charge in [-0.05, 0) is 17.7 Å². The minimum atomic E-state index is -0.202. The standard InChI is InChI=1S/C17H25N5O2/c1-20(2)16(24)22-8-7-21(10-14-3-5-18-6-4-14)12-17(13-22)9-15(23)19-11-17/h3-6H,7-13H2,1-2H3,(H,19,23)/t17-/m1/s1. The minimum absolute atomic E-state index is 0.0134. The molecule has 130 valence electrons. The van der Waals surface area contributed by atoms with Crippen LogP contribution in [-0.4, -0.2) is 78.4 Å². The molecule has 1 N–H and O–H groups in total. The maximum Gasteiger partial charge on any atom is 0.319 e. The molecule has 2 aliphatic rings. The predicted molar refractivity (Wildman–Crippen MR) is 90.2 cm³/mol. The van der Waals surface area contributed by atoms with Crippen molar-refractivity contribution in [3.63, 3.8) is 0 Å². The number of hydrogen-bond donors (Lipinski definition) is 1. The van der Waals surface area contributed by atoms with Crippen molar-refractivity contribution in [2.24, 2.45) is 5.41 Å². The van der Waals surface area contributed by atoms with E-state index in [9.17, 15) is 9.59 Å². The van der Waals surface area contributed by atoms with Gasteiger partial charge in [-0.1, -0.05) is 0 Å². The normalized spacial score (nSPS) is 24.8. The second-order valence-corrected chi connectivity index (χ2v) is 7.12. The average molecular weight is 331 g/mol. The van der Waals surface area contributed by atoms with Crippen LogP contribution in [-0.2, 0) is 11.3 Å². The molecule has 0 unspecified atom stereocenters. The van der Waals surface area contributed by atoms with Gasteiger partial charge in [-0.2, -0.15) is 0 Å². The monoisotopic (exact) mass is 331 g/mol. The van der Waals surface area contributed by atoms with Crippen LogP contribution in [0.1, 0.15) is 12.0 Å². The molecule has 2 saturated heterocycles. The third kappa shape index (κ3) is 3.67. The maximum atomic E-state index is 12.5. The van der Waals surface area contributed by atoms with E-state index in [2.05, 4.69) is 15.2 Å². The Labute approximate surface area is 142 Å². The van der Waals surface area contributed by atoms with Crippen molar-refractivity contribution in [3.8, 4) is 0 Å². The molecular weight excluding hydrogens is 306 g/mol. The third-order valence-corrected chi connectivity index (χ3v) is 4.78. The lowest BCUT2D eigenvalue weighted by Crippen LogP contribution is -2.47. The number of carbonyl (C=O) groups is 2. The van der Waals surface area contributed by atoms with Crippen molar-refractivity contribution in [1.82, 2.24) is 25.0 Å². The number of nitrogens with one attached hydrogen (secondary N) is 1. The molecule has 1 aromatic heterocycles. The molecule has 7 heteroatoms. The summed E-state index contributed by atoms with van der Waals surface area (Å²) in [5.74, 6) is 0.0815. The molecule has 24 heavy (non-hydrogen) atoms. The second-order valence-electron chi connectivity index (χ2n) is 7.12. The predicted octanol–water partition coefficient (Wildman–Crippen LogP) is 0.387. The number of aromatic nitrogens is 1. The van der Waals surface area contributed by atoms with Gasteiger partial charge in [0, 0.05) is 77.6 Å². The fourth-order valence-electron chi connectivity index (χ4n) is 3.65. The summed E-state index contributed by atoms with van der Waals surface area (Å²) in [5.41, 5.74) is 0.997. The third-order valence-electron chi connectivity index (χ3n) is 4.78. The Hall–Kier alpha value is -2.15. The molecule has 3 amide bonds. The molecule has 3 heterocycles. The first-order valence-electron chi connectivity index (χ1n) is 8.32. The van der Waals surface area contributed by atoms with Crippen LogP contribution in [0.25, 0.3) is 0 Å². The van der Waals surface area contributed by atoms with Crippen LogP contribution >= 0.6 is 0 Å². The van der Waals surface area contributed by atoms with Gasteiger partial charge in [0.15, 0.2) is 0 Å². The molecule has 0 bridgehead atoms. The van der Waals surface area contributed by atoms with Gasteiger partial charge in [-0.15, -0.1) is 0 Å². The van der Waals surface area contributed by atoms with E-state index in [-0.39, 0.29) is 17.4 Å². The zero-order valence-corrected chi connectivity index (χ0v) is 14.4. The lowest BCUT2D eigenvalue weighted by atomic mass is 9.86. The number of nitrogens with zero attached hydrogens (tertiary/aromatic N) is 4. The van der Waals surface area contributed by atoms with Crippen molar-refractivity contribution < 1.29 is 9.59 Å². The first-order valence-corrected chi connectivity index (χ1v) is 8.32. The Bertz CT molecular complexity index is 606. The van der Waals surface area contributed by atoms with Gasteiger partial charge in [-0.3, -0.25) is 14.7 Å². The lowest BCUT2D eigenvalue weighted by Gasteiger charge is -2.33. The highest BCUT2D eigenvalue weighted by atomic mass is 16.2. The summed E-state index contributed by atoms with van der Waals surface area (Å²) >= 11 is 0. The summed E-state index contributed by atoms with van der Waals surface area (Å²) in [6, 6.07) is 4.04. The van der Waals surface area contributed by atoms with E-state index >= 15 is 0 Å². The molecular formula is C17H25N5O2. The van der Waals surface area contributed by atoms with Crippen LogP contribution < -0.4 is 5.32 Å². The first-order chi connectivity index (χ1) is 11.5. The molecule has 2 aliphatic heterocycles. The van der Waals surface area contributed by atoms with Gasteiger partial charge < -0.3 is 15.1 Å². The van der Waals surface area contributed by atoms with Gasteiger partial charge in [-0.25, -0.2) is 4.79 Å². The van der Waals surface area contributed by atoms with Gasteiger partial charge >= 0.3 is 6.03 Å². The zero-order chi connectivity index (χ0) is 17.2. The van der Waals surface area contributed by atoms with Crippen LogP contribution in [0, 0.1) is 5.41 Å². The Morgan fingerprint density at radius 3 is 2.67 bits per heavy atom. The summed E-state index contributed by atoms with van der Waals surface area (Å²) in [5, 5.41) is 2.95. The van der Waals surface area contributed by atoms with E-state index in [4.69, 9.17) is 0 Å². The Morgan fingerprint density at radius 2 is 2.04 bits per heavy atom. The number of urea groups is 1. The quantitative estimate of drug-likeness (QED) is 0.851. The largest absolute Gasteiger partial charge is 0.355 e. The highest BCUT2D eigenvalue weighted by Gasteiger charge is 2.44. The first kappa shape index (κ1) is 16.7. The average Bonchev–Trinajstić information content (AvgIpc) is 2.81. The highest BCUT2D eigenvalue weighted by molar-refractivity contribution is 5.80. The van der Waals surface area contributed by atoms with Crippen molar-refractivity contribution in [2.75, 3.05) is 46.8 Å². The summed E-state index contributed by atoms with van der Waals surface area (Å²) < 4.78 is 0. The van der Waals surface area contributed by atoms with Gasteiger partial charge in [0.05, 0.1) is 0 Å². The molecule has 0 radical (unpaired) electrons. The minimum Gasteiger partial charge on any atom is -0.355 e. The number of amides is 3. The van der Waals surface area contributed by atoms with E-state index in [0.29, 0.717) is 26.1 Å². The Morgan fingerprint density at radius 1 is 1.29 bits per heavy atom. The van der Waals surface area contributed by atoms with Crippen molar-refractivity contribution >= 4 is 11.9 Å². The summed E-state index contributed by atoms with van der Waals surface area (Å²) in [7, 11) is 3.54. The summed E-state index contributed by atoms with van der Waals surface area (Å²) in [6.07, 6.45) is 4.08. The van der Waals surface area contributed by atoms with E-state index in [1.54, 1.807) is 31.4 Å². The van der Waals surface area contributed by atoms with E-state index in [1.165, 1.54) is 5.56 Å². The topological polar surface area (TPSA) is 68.8 Å². The fraction of sp³-hybridized carbons (Fsp3) is 0.588. The molecule has 0 aromatic carbocycles. The molecule has 3 rings (SSSR count). The number of rotatable bonds is 2. The van der Waals surface area contributed by atoms with Crippen molar-refractivity contribution in [2.45, 2.75) is 13.0 Å². The highest BCUT2D eigenvalue weighted by Crippen LogP contribution is 2.31. The molecule has 0 saturated carbocycles. The SMILES string of the molecule is CN(C)C(=O)N1CCN(Cc2ccncc2)C[C@@]2(CNC(=O)C2)C1. The van der Waals surface area contributed by atoms with Crippen molar-refractivity contribution in [1.29, 1.82) is 0 Å². The van der Waals surface area contributed by atoms with Crippen LogP contribution in [0.3, 0.4) is 0 Å². The van der Waals surface area contributed by atoms with Crippen molar-refractivity contribution in [3.05, 3.63) is 30.1 Å². The molecule has 7 nitrogen and oxygen atoms in total. The van der Waals surface area contributed by atoms with Gasteiger partial charge in [0.25, 0.3) is 0 Å². The summed E-state index contributed by atoms with van der Waals surface area (Å²) in [6.45, 7) is 4.36.